The van der Waals surface area contributed by atoms with E-state index in [0.29, 0.717) is 75.8 Å². The lowest BCUT2D eigenvalue weighted by atomic mass is 10.00. The number of nitrogens with one attached hydrogen (secondary N) is 4. The lowest BCUT2D eigenvalue weighted by molar-refractivity contribution is -0.136. The molecule has 2 heterocycles. The summed E-state index contributed by atoms with van der Waals surface area (Å²) in [5, 5.41) is 12.4. The Kier molecular flexibility index (Phi) is 47.5. The second kappa shape index (κ2) is 51.8. The Bertz CT molecular complexity index is 1800. The summed E-state index contributed by atoms with van der Waals surface area (Å²) >= 11 is 8.51. The molecule has 85 heavy (non-hydrogen) atoms. The Balaban J connectivity index is 0.000000482. The first kappa shape index (κ1) is 78.0. The number of rotatable bonds is 20. The fourth-order valence-corrected chi connectivity index (χ4v) is 13.5. The van der Waals surface area contributed by atoms with Crippen molar-refractivity contribution in [1.82, 2.24) is 31.1 Å². The lowest BCUT2D eigenvalue weighted by Gasteiger charge is -2.24. The molecule has 8 amide bonds. The molecule has 19 heteroatoms. The van der Waals surface area contributed by atoms with Crippen LogP contribution in [0.15, 0.2) is 0 Å². The van der Waals surface area contributed by atoms with Crippen LogP contribution in [0.4, 0.5) is 0 Å². The fourth-order valence-electron chi connectivity index (χ4n) is 12.6. The minimum Gasteiger partial charge on any atom is -0.368 e. The quantitative estimate of drug-likeness (QED) is 0.0452. The Morgan fingerprint density at radius 3 is 1.04 bits per heavy atom. The van der Waals surface area contributed by atoms with Gasteiger partial charge in [0.25, 0.3) is 0 Å². The third-order valence-electron chi connectivity index (χ3n) is 17.6. The number of primary amides is 2. The highest BCUT2D eigenvalue weighted by Crippen LogP contribution is 2.26. The molecule has 4 fully saturated rings. The zero-order valence-electron chi connectivity index (χ0n) is 53.4. The SMILES string of the molecule is CC[C@H](C(N)=O)N1CC(CCNC(=O)CBr)CC1=O.CC[C@H](C(N)=O)N1CC(CCNC(=O)CSCC(=O)NC2CCCCCCCCCCCCCCCCCC2)CC1=O.O=C(CS)NC1CCCCCCCCCCCCCCCCCC1. The average molecular weight is 1300 g/mol. The highest BCUT2D eigenvalue weighted by Gasteiger charge is 2.37. The van der Waals surface area contributed by atoms with Crippen LogP contribution in [0.25, 0.3) is 0 Å². The average Bonchev–Trinajstić information content (AvgIpc) is 4.28. The van der Waals surface area contributed by atoms with Gasteiger partial charge < -0.3 is 42.5 Å². The molecule has 0 bridgehead atoms. The van der Waals surface area contributed by atoms with E-state index in [1.807, 2.05) is 13.8 Å². The second-order valence-electron chi connectivity index (χ2n) is 24.9. The van der Waals surface area contributed by atoms with Crippen LogP contribution < -0.4 is 32.7 Å². The molecule has 2 aliphatic carbocycles. The van der Waals surface area contributed by atoms with Crippen LogP contribution in [0.1, 0.15) is 284 Å². The van der Waals surface area contributed by atoms with Gasteiger partial charge in [-0.3, -0.25) is 38.4 Å². The summed E-state index contributed by atoms with van der Waals surface area (Å²) in [6.45, 7) is 5.77. The number of halogens is 1. The molecule has 492 valence electrons. The van der Waals surface area contributed by atoms with Crippen LogP contribution >= 0.6 is 40.3 Å². The predicted octanol–water partition coefficient (Wildman–Crippen LogP) is 12.3. The second-order valence-corrected chi connectivity index (χ2v) is 26.8. The van der Waals surface area contributed by atoms with Gasteiger partial charge in [-0.25, -0.2) is 0 Å². The zero-order chi connectivity index (χ0) is 62.1. The summed E-state index contributed by atoms with van der Waals surface area (Å²) in [6.07, 6.45) is 51.1. The number of likely N-dealkylation sites (tertiary alicyclic amines) is 2. The molecule has 4 atom stereocenters. The maximum Gasteiger partial charge on any atom is 0.240 e. The van der Waals surface area contributed by atoms with Crippen molar-refractivity contribution in [2.75, 3.05) is 48.8 Å². The van der Waals surface area contributed by atoms with E-state index in [9.17, 15) is 38.4 Å². The third-order valence-corrected chi connectivity index (χ3v) is 19.3. The number of nitrogens with two attached hydrogens (primary N) is 2. The minimum absolute atomic E-state index is 0.0255. The number of carbonyl (C=O) groups excluding carboxylic acids is 8. The van der Waals surface area contributed by atoms with Gasteiger partial charge in [-0.05, 0) is 63.2 Å². The van der Waals surface area contributed by atoms with Gasteiger partial charge in [0.1, 0.15) is 12.1 Å². The summed E-state index contributed by atoms with van der Waals surface area (Å²) in [7, 11) is 0. The highest BCUT2D eigenvalue weighted by molar-refractivity contribution is 9.09. The van der Waals surface area contributed by atoms with Crippen LogP contribution in [0.3, 0.4) is 0 Å². The van der Waals surface area contributed by atoms with Crippen LogP contribution in [-0.4, -0.2) is 130 Å². The van der Waals surface area contributed by atoms with Crippen molar-refractivity contribution in [3.8, 4) is 0 Å². The summed E-state index contributed by atoms with van der Waals surface area (Å²) in [4.78, 5) is 98.0. The zero-order valence-corrected chi connectivity index (χ0v) is 56.7. The van der Waals surface area contributed by atoms with Gasteiger partial charge >= 0.3 is 0 Å². The van der Waals surface area contributed by atoms with Crippen molar-refractivity contribution in [2.45, 2.75) is 308 Å². The van der Waals surface area contributed by atoms with E-state index < -0.39 is 23.9 Å². The third kappa shape index (κ3) is 39.5. The summed E-state index contributed by atoms with van der Waals surface area (Å²) in [6, 6.07) is -0.432. The van der Waals surface area contributed by atoms with Crippen LogP contribution in [0.5, 0.6) is 0 Å². The Morgan fingerprint density at radius 1 is 0.471 bits per heavy atom. The number of nitrogens with zero attached hydrogens (tertiary/aromatic N) is 2. The van der Waals surface area contributed by atoms with E-state index in [2.05, 4.69) is 49.8 Å². The van der Waals surface area contributed by atoms with Gasteiger partial charge in [0.2, 0.25) is 47.3 Å². The molecular weight excluding hydrogens is 1180 g/mol. The van der Waals surface area contributed by atoms with Gasteiger partial charge in [0.15, 0.2) is 0 Å². The maximum atomic E-state index is 12.7. The highest BCUT2D eigenvalue weighted by atomic mass is 79.9. The smallest absolute Gasteiger partial charge is 0.240 e. The Labute approximate surface area is 533 Å². The van der Waals surface area contributed by atoms with E-state index in [0.717, 1.165) is 32.1 Å². The van der Waals surface area contributed by atoms with Gasteiger partial charge in [-0.15, -0.1) is 11.8 Å². The summed E-state index contributed by atoms with van der Waals surface area (Å²) in [5.74, 6) is 0.116. The van der Waals surface area contributed by atoms with Crippen molar-refractivity contribution in [3.05, 3.63) is 0 Å². The number of thiol groups is 1. The van der Waals surface area contributed by atoms with Crippen molar-refractivity contribution < 1.29 is 38.4 Å². The molecule has 2 aliphatic heterocycles. The van der Waals surface area contributed by atoms with Crippen molar-refractivity contribution in [2.24, 2.45) is 23.3 Å². The number of hydrogen-bond donors (Lipinski definition) is 7. The molecule has 2 saturated heterocycles. The van der Waals surface area contributed by atoms with E-state index in [4.69, 9.17) is 11.5 Å². The first-order chi connectivity index (χ1) is 41.2. The van der Waals surface area contributed by atoms with Crippen LogP contribution in [-0.2, 0) is 38.4 Å². The molecule has 0 aromatic carbocycles. The normalized spacial score (nSPS) is 21.6. The van der Waals surface area contributed by atoms with Gasteiger partial charge in [0, 0.05) is 51.1 Å². The first-order valence-electron chi connectivity index (χ1n) is 34.3. The monoisotopic (exact) mass is 1300 g/mol. The largest absolute Gasteiger partial charge is 0.368 e. The summed E-state index contributed by atoms with van der Waals surface area (Å²) < 4.78 is 0. The summed E-state index contributed by atoms with van der Waals surface area (Å²) in [5.41, 5.74) is 10.7. The molecule has 0 spiro atoms. The lowest BCUT2D eigenvalue weighted by Crippen LogP contribution is -2.45. The molecule has 8 N–H and O–H groups in total. The topological polar surface area (TPSA) is 243 Å². The molecule has 4 rings (SSSR count). The molecule has 16 nitrogen and oxygen atoms in total. The van der Waals surface area contributed by atoms with Crippen LogP contribution in [0, 0.1) is 11.8 Å². The Hall–Kier alpha value is -3.06. The first-order valence-corrected chi connectivity index (χ1v) is 37.2. The number of hydrogen-bond acceptors (Lipinski definition) is 10. The van der Waals surface area contributed by atoms with Gasteiger partial charge in [-0.2, -0.15) is 12.6 Å². The number of alkyl halides is 1. The molecular formula is C66H121BrN8O8S2. The van der Waals surface area contributed by atoms with E-state index >= 15 is 0 Å². The molecule has 0 aromatic rings. The Morgan fingerprint density at radius 2 is 0.753 bits per heavy atom. The molecule has 2 saturated carbocycles. The molecule has 0 aromatic heterocycles. The minimum atomic E-state index is -0.549. The van der Waals surface area contributed by atoms with Crippen molar-refractivity contribution in [3.63, 3.8) is 0 Å². The van der Waals surface area contributed by atoms with Crippen molar-refractivity contribution in [1.29, 1.82) is 0 Å². The van der Waals surface area contributed by atoms with E-state index in [-0.39, 0.29) is 64.4 Å². The molecule has 2 unspecified atom stereocenters. The number of amides is 8. The maximum absolute atomic E-state index is 12.7. The van der Waals surface area contributed by atoms with E-state index in [1.165, 1.54) is 217 Å². The standard InChI is InChI=1S/C33H60N4O4S.C21H41NOS.C12H20BrN3O3/c1-2-29(33(34)41)37-24-27(23-32(37)40)21-22-35-30(38)25-42-26-31(39)36-28-19-17-15-13-11-9-7-5-3-4-6-8-10-12-14-16-18-20-28;23-21(19-24)22-20-17-15-13-11-9-7-5-3-1-2-4-6-8-10-12-14-16-18-20;1-2-9(12(14)19)16-7-8(5-11(16)18)3-4-15-10(17)6-13/h27-29H,2-26H2,1H3,(H2,34,41)(H,35,38)(H,36,39);20,24H,1-19H2,(H,22,23);8-9H,2-7H2,1H3,(H2,14,19)(H,15,17)/t27?,29-;;8?,9-/m1.1/s1. The van der Waals surface area contributed by atoms with E-state index in [1.54, 1.807) is 9.80 Å². The molecule has 4 aliphatic rings. The van der Waals surface area contributed by atoms with Crippen LogP contribution in [0.2, 0.25) is 0 Å². The number of thioether (sulfide) groups is 1. The van der Waals surface area contributed by atoms with Gasteiger partial charge in [-0.1, -0.05) is 235 Å². The molecule has 0 radical (unpaired) electrons. The predicted molar refractivity (Wildman–Crippen MR) is 356 cm³/mol. The van der Waals surface area contributed by atoms with Crippen molar-refractivity contribution >= 4 is 87.6 Å². The number of carbonyl (C=O) groups is 8. The fraction of sp³-hybridized carbons (Fsp3) is 0.879. The van der Waals surface area contributed by atoms with Gasteiger partial charge in [0.05, 0.1) is 22.6 Å².